The molecule has 0 aliphatic rings. The van der Waals surface area contributed by atoms with Gasteiger partial charge in [-0.2, -0.15) is 0 Å². The van der Waals surface area contributed by atoms with Gasteiger partial charge in [0.05, 0.1) is 13.0 Å². The van der Waals surface area contributed by atoms with Crippen LogP contribution in [0, 0.1) is 6.92 Å². The van der Waals surface area contributed by atoms with Crippen molar-refractivity contribution in [3.8, 4) is 5.75 Å². The maximum atomic E-state index is 11.8. The summed E-state index contributed by atoms with van der Waals surface area (Å²) in [4.78, 5) is 11.8. The first-order valence-corrected chi connectivity index (χ1v) is 7.18. The number of anilines is 1. The molecule has 0 unspecified atom stereocenters. The zero-order valence-electron chi connectivity index (χ0n) is 11.2. The lowest BCUT2D eigenvalue weighted by molar-refractivity contribution is -0.116. The van der Waals surface area contributed by atoms with E-state index in [0.717, 1.165) is 15.9 Å². The first-order valence-electron chi connectivity index (χ1n) is 6.38. The van der Waals surface area contributed by atoms with Crippen molar-refractivity contribution in [2.75, 3.05) is 11.9 Å². The first kappa shape index (κ1) is 14.6. The van der Waals surface area contributed by atoms with E-state index in [1.165, 1.54) is 5.56 Å². The van der Waals surface area contributed by atoms with Gasteiger partial charge in [0.1, 0.15) is 5.75 Å². The Hall–Kier alpha value is -1.81. The van der Waals surface area contributed by atoms with E-state index in [0.29, 0.717) is 13.0 Å². The van der Waals surface area contributed by atoms with E-state index < -0.39 is 0 Å². The second-order valence-corrected chi connectivity index (χ2v) is 5.39. The fourth-order valence-corrected chi connectivity index (χ4v) is 2.09. The summed E-state index contributed by atoms with van der Waals surface area (Å²) in [5.41, 5.74) is 1.96. The predicted octanol–water partition coefficient (Wildman–Crippen LogP) is 4.17. The molecule has 0 bridgehead atoms. The molecular formula is C16H16BrNO2. The molecule has 0 atom stereocenters. The summed E-state index contributed by atoms with van der Waals surface area (Å²) in [5, 5.41) is 2.83. The molecule has 0 saturated carbocycles. The van der Waals surface area contributed by atoms with E-state index >= 15 is 0 Å². The number of carbonyl (C=O) groups excluding carboxylic acids is 1. The van der Waals surface area contributed by atoms with Crippen molar-refractivity contribution in [2.24, 2.45) is 0 Å². The second kappa shape index (κ2) is 7.10. The highest BCUT2D eigenvalue weighted by Gasteiger charge is 2.03. The van der Waals surface area contributed by atoms with E-state index in [9.17, 15) is 4.79 Å². The molecule has 2 aromatic rings. The lowest BCUT2D eigenvalue weighted by Crippen LogP contribution is -2.15. The standard InChI is InChI=1S/C16H16BrNO2/c1-12-5-7-15(8-6-12)20-10-9-16(19)18-14-4-2-3-13(17)11-14/h2-8,11H,9-10H2,1H3,(H,18,19). The second-order valence-electron chi connectivity index (χ2n) is 4.47. The number of carbonyl (C=O) groups is 1. The lowest BCUT2D eigenvalue weighted by atomic mass is 10.2. The van der Waals surface area contributed by atoms with Gasteiger partial charge >= 0.3 is 0 Å². The average molecular weight is 334 g/mol. The van der Waals surface area contributed by atoms with Crippen molar-refractivity contribution in [2.45, 2.75) is 13.3 Å². The molecule has 104 valence electrons. The number of nitrogens with one attached hydrogen (secondary N) is 1. The Morgan fingerprint density at radius 3 is 2.65 bits per heavy atom. The molecule has 0 heterocycles. The molecule has 1 amide bonds. The number of benzene rings is 2. The smallest absolute Gasteiger partial charge is 0.227 e. The van der Waals surface area contributed by atoms with Crippen LogP contribution >= 0.6 is 15.9 Å². The Bertz CT molecular complexity index is 581. The number of aryl methyl sites for hydroxylation is 1. The zero-order valence-corrected chi connectivity index (χ0v) is 12.8. The van der Waals surface area contributed by atoms with Crippen molar-refractivity contribution < 1.29 is 9.53 Å². The van der Waals surface area contributed by atoms with Crippen molar-refractivity contribution in [1.82, 2.24) is 0 Å². The Balaban J connectivity index is 1.76. The molecular weight excluding hydrogens is 318 g/mol. The van der Waals surface area contributed by atoms with Gasteiger partial charge < -0.3 is 10.1 Å². The van der Waals surface area contributed by atoms with E-state index in [1.807, 2.05) is 55.5 Å². The van der Waals surface area contributed by atoms with Crippen molar-refractivity contribution in [1.29, 1.82) is 0 Å². The van der Waals surface area contributed by atoms with Crippen molar-refractivity contribution >= 4 is 27.5 Å². The monoisotopic (exact) mass is 333 g/mol. The van der Waals surface area contributed by atoms with E-state index in [4.69, 9.17) is 4.74 Å². The van der Waals surface area contributed by atoms with E-state index in [-0.39, 0.29) is 5.91 Å². The van der Waals surface area contributed by atoms with Gasteiger partial charge in [0.25, 0.3) is 0 Å². The summed E-state index contributed by atoms with van der Waals surface area (Å²) < 4.78 is 6.46. The quantitative estimate of drug-likeness (QED) is 0.891. The van der Waals surface area contributed by atoms with Crippen LogP contribution in [0.25, 0.3) is 0 Å². The van der Waals surface area contributed by atoms with Crippen LogP contribution < -0.4 is 10.1 Å². The minimum Gasteiger partial charge on any atom is -0.493 e. The highest BCUT2D eigenvalue weighted by molar-refractivity contribution is 9.10. The Kier molecular flexibility index (Phi) is 5.18. The highest BCUT2D eigenvalue weighted by Crippen LogP contribution is 2.16. The molecule has 2 aromatic carbocycles. The third kappa shape index (κ3) is 4.70. The van der Waals surface area contributed by atoms with Crippen LogP contribution in [0.3, 0.4) is 0 Å². The van der Waals surface area contributed by atoms with Gasteiger partial charge in [-0.05, 0) is 37.3 Å². The number of rotatable bonds is 5. The molecule has 0 radical (unpaired) electrons. The minimum absolute atomic E-state index is 0.0600. The maximum Gasteiger partial charge on any atom is 0.227 e. The summed E-state index contributed by atoms with van der Waals surface area (Å²) in [6.45, 7) is 2.39. The van der Waals surface area contributed by atoms with E-state index in [2.05, 4.69) is 21.2 Å². The van der Waals surface area contributed by atoms with Gasteiger partial charge in [-0.3, -0.25) is 4.79 Å². The third-order valence-corrected chi connectivity index (χ3v) is 3.22. The molecule has 0 aliphatic carbocycles. The Morgan fingerprint density at radius 2 is 1.95 bits per heavy atom. The van der Waals surface area contributed by atoms with Gasteiger partial charge in [0.15, 0.2) is 0 Å². The first-order chi connectivity index (χ1) is 9.63. The van der Waals surface area contributed by atoms with Gasteiger partial charge in [0.2, 0.25) is 5.91 Å². The van der Waals surface area contributed by atoms with Crippen LogP contribution in [0.5, 0.6) is 5.75 Å². The predicted molar refractivity (Wildman–Crippen MR) is 84.1 cm³/mol. The Morgan fingerprint density at radius 1 is 1.20 bits per heavy atom. The number of hydrogen-bond donors (Lipinski definition) is 1. The van der Waals surface area contributed by atoms with Gasteiger partial charge in [-0.25, -0.2) is 0 Å². The summed E-state index contributed by atoms with van der Waals surface area (Å²) in [6, 6.07) is 15.3. The van der Waals surface area contributed by atoms with Crippen molar-refractivity contribution in [3.63, 3.8) is 0 Å². The molecule has 0 aromatic heterocycles. The maximum absolute atomic E-state index is 11.8. The molecule has 20 heavy (non-hydrogen) atoms. The number of halogens is 1. The average Bonchev–Trinajstić information content (AvgIpc) is 2.41. The molecule has 2 rings (SSSR count). The van der Waals surface area contributed by atoms with E-state index in [1.54, 1.807) is 0 Å². The molecule has 0 aliphatic heterocycles. The molecule has 1 N–H and O–H groups in total. The lowest BCUT2D eigenvalue weighted by Gasteiger charge is -2.07. The highest BCUT2D eigenvalue weighted by atomic mass is 79.9. The van der Waals surface area contributed by atoms with Crippen LogP contribution in [-0.4, -0.2) is 12.5 Å². The topological polar surface area (TPSA) is 38.3 Å². The molecule has 0 saturated heterocycles. The number of hydrogen-bond acceptors (Lipinski definition) is 2. The molecule has 0 fully saturated rings. The van der Waals surface area contributed by atoms with Gasteiger partial charge in [-0.1, -0.05) is 39.7 Å². The normalized spacial score (nSPS) is 10.1. The van der Waals surface area contributed by atoms with Crippen LogP contribution in [0.2, 0.25) is 0 Å². The van der Waals surface area contributed by atoms with Gasteiger partial charge in [0, 0.05) is 10.2 Å². The van der Waals surface area contributed by atoms with Crippen LogP contribution in [0.15, 0.2) is 53.0 Å². The molecule has 4 heteroatoms. The summed E-state index contributed by atoms with van der Waals surface area (Å²) >= 11 is 3.37. The zero-order chi connectivity index (χ0) is 14.4. The minimum atomic E-state index is -0.0600. The fraction of sp³-hybridized carbons (Fsp3) is 0.188. The molecule has 3 nitrogen and oxygen atoms in total. The summed E-state index contributed by atoms with van der Waals surface area (Å²) in [7, 11) is 0. The van der Waals surface area contributed by atoms with Crippen LogP contribution in [0.4, 0.5) is 5.69 Å². The number of amides is 1. The summed E-state index contributed by atoms with van der Waals surface area (Å²) in [5.74, 6) is 0.723. The fourth-order valence-electron chi connectivity index (χ4n) is 1.69. The summed E-state index contributed by atoms with van der Waals surface area (Å²) in [6.07, 6.45) is 0.320. The SMILES string of the molecule is Cc1ccc(OCCC(=O)Nc2cccc(Br)c2)cc1. The third-order valence-electron chi connectivity index (χ3n) is 2.73. The van der Waals surface area contributed by atoms with Crippen LogP contribution in [0.1, 0.15) is 12.0 Å². The molecule has 0 spiro atoms. The Labute approximate surface area is 127 Å². The van der Waals surface area contributed by atoms with Crippen molar-refractivity contribution in [3.05, 3.63) is 58.6 Å². The largest absolute Gasteiger partial charge is 0.493 e. The van der Waals surface area contributed by atoms with Gasteiger partial charge in [-0.15, -0.1) is 0 Å². The van der Waals surface area contributed by atoms with Crippen LogP contribution in [-0.2, 0) is 4.79 Å². The number of ether oxygens (including phenoxy) is 1.